The topological polar surface area (TPSA) is 113 Å². The van der Waals surface area contributed by atoms with E-state index in [1.165, 1.54) is 0 Å². The molecule has 0 aliphatic heterocycles. The lowest BCUT2D eigenvalue weighted by atomic mass is 10.1. The summed E-state index contributed by atoms with van der Waals surface area (Å²) in [6.07, 6.45) is 4.75. The molecule has 8 nitrogen and oxygen atoms in total. The van der Waals surface area contributed by atoms with Gasteiger partial charge in [-0.05, 0) is 55.0 Å². The molecule has 0 fully saturated rings. The molecule has 0 radical (unpaired) electrons. The van der Waals surface area contributed by atoms with E-state index in [9.17, 15) is 9.90 Å². The van der Waals surface area contributed by atoms with Gasteiger partial charge >= 0.3 is 0 Å². The van der Waals surface area contributed by atoms with Gasteiger partial charge in [0, 0.05) is 29.5 Å². The number of carbonyl (C=O) groups excluding carboxylic acids is 1. The summed E-state index contributed by atoms with van der Waals surface area (Å²) in [6.45, 7) is 1.85. The van der Waals surface area contributed by atoms with Gasteiger partial charge in [-0.1, -0.05) is 12.1 Å². The molecular formula is C26H21N5O3. The van der Waals surface area contributed by atoms with Crippen LogP contribution < -0.4 is 10.1 Å². The van der Waals surface area contributed by atoms with Crippen LogP contribution in [0.1, 0.15) is 21.6 Å². The Morgan fingerprint density at radius 3 is 2.71 bits per heavy atom. The van der Waals surface area contributed by atoms with Gasteiger partial charge in [-0.15, -0.1) is 0 Å². The number of H-pyrrole nitrogens is 1. The second-order valence-electron chi connectivity index (χ2n) is 7.80. The van der Waals surface area contributed by atoms with Gasteiger partial charge < -0.3 is 20.1 Å². The minimum atomic E-state index is -0.231. The molecule has 0 saturated carbocycles. The van der Waals surface area contributed by atoms with Crippen LogP contribution in [-0.2, 0) is 6.61 Å². The first-order valence-electron chi connectivity index (χ1n) is 10.6. The number of nitrogens with one attached hydrogen (secondary N) is 2. The fourth-order valence-corrected chi connectivity index (χ4v) is 3.53. The van der Waals surface area contributed by atoms with E-state index in [0.29, 0.717) is 34.3 Å². The highest BCUT2D eigenvalue weighted by Crippen LogP contribution is 2.27. The summed E-state index contributed by atoms with van der Waals surface area (Å²) in [7, 11) is 0. The summed E-state index contributed by atoms with van der Waals surface area (Å²) in [6, 6.07) is 18.4. The van der Waals surface area contributed by atoms with Gasteiger partial charge in [0.05, 0.1) is 29.6 Å². The normalized spacial score (nSPS) is 10.9. The number of aromatic nitrogens is 4. The first-order valence-corrected chi connectivity index (χ1v) is 10.6. The number of aliphatic hydroxyl groups is 1. The Morgan fingerprint density at radius 2 is 1.88 bits per heavy atom. The number of rotatable bonds is 6. The monoisotopic (exact) mass is 451 g/mol. The SMILES string of the molecule is Cc1cccc(NC(=O)c2cnc3ccc(Oc4ccnc(-c5ncc(CO)[nH]5)c4)cc3c2)c1. The number of aryl methyl sites for hydroxylation is 1. The molecule has 0 aliphatic rings. The number of hydrogen-bond donors (Lipinski definition) is 3. The van der Waals surface area contributed by atoms with Crippen molar-refractivity contribution in [1.29, 1.82) is 0 Å². The number of anilines is 1. The molecule has 5 aromatic rings. The highest BCUT2D eigenvalue weighted by molar-refractivity contribution is 6.05. The number of carbonyl (C=O) groups is 1. The summed E-state index contributed by atoms with van der Waals surface area (Å²) in [5, 5.41) is 12.9. The summed E-state index contributed by atoms with van der Waals surface area (Å²) >= 11 is 0. The third kappa shape index (κ3) is 4.62. The van der Waals surface area contributed by atoms with E-state index >= 15 is 0 Å². The Bertz CT molecular complexity index is 1500. The molecule has 8 heteroatoms. The van der Waals surface area contributed by atoms with Crippen molar-refractivity contribution in [3.63, 3.8) is 0 Å². The van der Waals surface area contributed by atoms with Gasteiger partial charge in [0.2, 0.25) is 0 Å². The lowest BCUT2D eigenvalue weighted by Gasteiger charge is -2.09. The average molecular weight is 451 g/mol. The standard InChI is InChI=1S/C26H21N5O3/c1-16-3-2-4-19(9-16)31-26(33)18-10-17-11-21(5-6-23(17)28-13-18)34-22-7-8-27-24(12-22)25-29-14-20(15-32)30-25/h2-14,32H,15H2,1H3,(H,29,30)(H,31,33). The number of ether oxygens (including phenoxy) is 1. The number of benzene rings is 2. The van der Waals surface area contributed by atoms with Crippen LogP contribution in [0, 0.1) is 6.92 Å². The Balaban J connectivity index is 1.37. The number of aromatic amines is 1. The van der Waals surface area contributed by atoms with Crippen LogP contribution >= 0.6 is 0 Å². The second-order valence-corrected chi connectivity index (χ2v) is 7.80. The van der Waals surface area contributed by atoms with Crippen molar-refractivity contribution in [2.24, 2.45) is 0 Å². The predicted molar refractivity (Wildman–Crippen MR) is 129 cm³/mol. The highest BCUT2D eigenvalue weighted by atomic mass is 16.5. The smallest absolute Gasteiger partial charge is 0.257 e. The zero-order chi connectivity index (χ0) is 23.5. The molecule has 1 amide bonds. The summed E-state index contributed by atoms with van der Waals surface area (Å²) in [4.78, 5) is 28.7. The quantitative estimate of drug-likeness (QED) is 0.340. The largest absolute Gasteiger partial charge is 0.457 e. The van der Waals surface area contributed by atoms with Crippen LogP contribution in [-0.4, -0.2) is 30.9 Å². The Morgan fingerprint density at radius 1 is 1.00 bits per heavy atom. The third-order valence-electron chi connectivity index (χ3n) is 5.20. The van der Waals surface area contributed by atoms with Gasteiger partial charge in [0.25, 0.3) is 5.91 Å². The van der Waals surface area contributed by atoms with Crippen LogP contribution in [0.2, 0.25) is 0 Å². The average Bonchev–Trinajstić information content (AvgIpc) is 3.33. The molecule has 168 valence electrons. The molecule has 5 rings (SSSR count). The zero-order valence-electron chi connectivity index (χ0n) is 18.3. The van der Waals surface area contributed by atoms with Crippen LogP contribution in [0.15, 0.2) is 79.3 Å². The fourth-order valence-electron chi connectivity index (χ4n) is 3.53. The van der Waals surface area contributed by atoms with Crippen molar-refractivity contribution in [2.75, 3.05) is 5.32 Å². The molecule has 3 N–H and O–H groups in total. The van der Waals surface area contributed by atoms with Crippen molar-refractivity contribution in [3.8, 4) is 23.0 Å². The molecule has 0 unspecified atom stereocenters. The number of pyridine rings is 2. The maximum absolute atomic E-state index is 12.7. The first-order chi connectivity index (χ1) is 16.6. The second kappa shape index (κ2) is 9.13. The first kappa shape index (κ1) is 21.3. The van der Waals surface area contributed by atoms with Gasteiger partial charge in [-0.25, -0.2) is 4.98 Å². The molecular weight excluding hydrogens is 430 g/mol. The molecule has 3 aromatic heterocycles. The molecule has 0 saturated heterocycles. The van der Waals surface area contributed by atoms with Crippen molar-refractivity contribution in [3.05, 3.63) is 96.1 Å². The molecule has 0 atom stereocenters. The summed E-state index contributed by atoms with van der Waals surface area (Å²) < 4.78 is 6.03. The Labute approximate surface area is 195 Å². The van der Waals surface area contributed by atoms with Crippen LogP contribution in [0.4, 0.5) is 5.69 Å². The van der Waals surface area contributed by atoms with Crippen LogP contribution in [0.5, 0.6) is 11.5 Å². The lowest BCUT2D eigenvalue weighted by molar-refractivity contribution is 0.102. The van der Waals surface area contributed by atoms with E-state index in [1.54, 1.807) is 36.8 Å². The lowest BCUT2D eigenvalue weighted by Crippen LogP contribution is -2.12. The molecule has 34 heavy (non-hydrogen) atoms. The summed E-state index contributed by atoms with van der Waals surface area (Å²) in [5.74, 6) is 1.48. The Hall–Kier alpha value is -4.56. The number of aliphatic hydroxyl groups excluding tert-OH is 1. The van der Waals surface area contributed by atoms with Crippen molar-refractivity contribution < 1.29 is 14.6 Å². The van der Waals surface area contributed by atoms with Crippen LogP contribution in [0.3, 0.4) is 0 Å². The van der Waals surface area contributed by atoms with E-state index in [2.05, 4.69) is 25.3 Å². The van der Waals surface area contributed by atoms with Crippen molar-refractivity contribution >= 4 is 22.5 Å². The van der Waals surface area contributed by atoms with E-state index < -0.39 is 0 Å². The van der Waals surface area contributed by atoms with Crippen molar-refractivity contribution in [1.82, 2.24) is 19.9 Å². The molecule has 3 heterocycles. The van der Waals surface area contributed by atoms with E-state index in [0.717, 1.165) is 22.2 Å². The predicted octanol–water partition coefficient (Wildman–Crippen LogP) is 4.87. The van der Waals surface area contributed by atoms with Crippen LogP contribution in [0.25, 0.3) is 22.4 Å². The van der Waals surface area contributed by atoms with E-state index in [4.69, 9.17) is 4.74 Å². The Kier molecular flexibility index (Phi) is 5.72. The number of hydrogen-bond acceptors (Lipinski definition) is 6. The minimum absolute atomic E-state index is 0.126. The van der Waals surface area contributed by atoms with E-state index in [1.807, 2.05) is 49.4 Å². The minimum Gasteiger partial charge on any atom is -0.457 e. The zero-order valence-corrected chi connectivity index (χ0v) is 18.3. The molecule has 0 bridgehead atoms. The number of amides is 1. The van der Waals surface area contributed by atoms with Gasteiger partial charge in [-0.3, -0.25) is 14.8 Å². The maximum atomic E-state index is 12.7. The maximum Gasteiger partial charge on any atom is 0.257 e. The fraction of sp³-hybridized carbons (Fsp3) is 0.0769. The van der Waals surface area contributed by atoms with E-state index in [-0.39, 0.29) is 12.5 Å². The molecule has 0 aliphatic carbocycles. The molecule has 2 aromatic carbocycles. The number of imidazole rings is 1. The molecule has 0 spiro atoms. The number of nitrogens with zero attached hydrogens (tertiary/aromatic N) is 3. The van der Waals surface area contributed by atoms with Gasteiger partial charge in [0.1, 0.15) is 17.2 Å². The third-order valence-corrected chi connectivity index (χ3v) is 5.20. The van der Waals surface area contributed by atoms with Crippen molar-refractivity contribution in [2.45, 2.75) is 13.5 Å². The highest BCUT2D eigenvalue weighted by Gasteiger charge is 2.10. The number of fused-ring (bicyclic) bond motifs is 1. The van der Waals surface area contributed by atoms with Gasteiger partial charge in [-0.2, -0.15) is 0 Å². The van der Waals surface area contributed by atoms with Gasteiger partial charge in [0.15, 0.2) is 5.82 Å². The summed E-state index contributed by atoms with van der Waals surface area (Å²) in [5.41, 5.74) is 4.20.